The molecule has 0 radical (unpaired) electrons. The first-order chi connectivity index (χ1) is 17.9. The Labute approximate surface area is 219 Å². The third-order valence-corrected chi connectivity index (χ3v) is 6.87. The molecule has 1 atom stereocenters. The maximum absolute atomic E-state index is 10.9. The number of hydrogen-bond donors (Lipinski definition) is 0. The van der Waals surface area contributed by atoms with Gasteiger partial charge in [0.2, 0.25) is 0 Å². The Morgan fingerprint density at radius 3 is 2.41 bits per heavy atom. The van der Waals surface area contributed by atoms with E-state index in [9.17, 15) is 4.79 Å². The van der Waals surface area contributed by atoms with Crippen LogP contribution in [0, 0.1) is 0 Å². The standard InChI is InChI=1S/C32H37NO4/c1-5-10-28-30(36-20-9-19-35-26-15-13-24(14-16-26)23(2)22-34)18-17-27-29(33-37-31(27)28)21-32(3,4)25-11-7-6-8-12-25/h6-8,11-18,22-23H,5,9-10,19-21H2,1-4H3. The van der Waals surface area contributed by atoms with Crippen LogP contribution in [0.3, 0.4) is 0 Å². The van der Waals surface area contributed by atoms with E-state index in [4.69, 9.17) is 14.0 Å². The van der Waals surface area contributed by atoms with Gasteiger partial charge in [0.1, 0.15) is 17.8 Å². The van der Waals surface area contributed by atoms with Gasteiger partial charge in [0.05, 0.1) is 18.9 Å². The number of aromatic nitrogens is 1. The quantitative estimate of drug-likeness (QED) is 0.141. The number of nitrogens with zero attached hydrogens (tertiary/aromatic N) is 1. The summed E-state index contributed by atoms with van der Waals surface area (Å²) in [6.07, 6.45) is 4.35. The highest BCUT2D eigenvalue weighted by atomic mass is 16.5. The summed E-state index contributed by atoms with van der Waals surface area (Å²) in [4.78, 5) is 10.9. The number of ether oxygens (including phenoxy) is 2. The fourth-order valence-electron chi connectivity index (χ4n) is 4.63. The van der Waals surface area contributed by atoms with Crippen LogP contribution in [0.15, 0.2) is 71.3 Å². The highest BCUT2D eigenvalue weighted by molar-refractivity contribution is 5.84. The molecule has 0 fully saturated rings. The van der Waals surface area contributed by atoms with Crippen LogP contribution < -0.4 is 9.47 Å². The van der Waals surface area contributed by atoms with E-state index in [2.05, 4.69) is 62.3 Å². The summed E-state index contributed by atoms with van der Waals surface area (Å²) in [5, 5.41) is 5.55. The Kier molecular flexibility index (Phi) is 8.65. The van der Waals surface area contributed by atoms with Gasteiger partial charge in [0.15, 0.2) is 5.58 Å². The second-order valence-corrected chi connectivity index (χ2v) is 10.3. The summed E-state index contributed by atoms with van der Waals surface area (Å²) >= 11 is 0. The molecule has 1 unspecified atom stereocenters. The minimum absolute atomic E-state index is 0.0573. The van der Waals surface area contributed by atoms with Crippen LogP contribution in [0.5, 0.6) is 11.5 Å². The molecule has 5 nitrogen and oxygen atoms in total. The van der Waals surface area contributed by atoms with E-state index >= 15 is 0 Å². The molecule has 0 aliphatic heterocycles. The zero-order chi connectivity index (χ0) is 26.3. The topological polar surface area (TPSA) is 61.6 Å². The fourth-order valence-corrected chi connectivity index (χ4v) is 4.63. The van der Waals surface area contributed by atoms with Crippen LogP contribution in [0.4, 0.5) is 0 Å². The molecule has 0 bridgehead atoms. The van der Waals surface area contributed by atoms with E-state index < -0.39 is 0 Å². The molecule has 0 amide bonds. The van der Waals surface area contributed by atoms with Crippen LogP contribution in [-0.4, -0.2) is 24.7 Å². The Balaban J connectivity index is 1.39. The van der Waals surface area contributed by atoms with Crippen molar-refractivity contribution in [1.82, 2.24) is 5.16 Å². The molecule has 3 aromatic carbocycles. The molecule has 5 heteroatoms. The monoisotopic (exact) mass is 499 g/mol. The molecule has 4 aromatic rings. The van der Waals surface area contributed by atoms with Gasteiger partial charge in [-0.25, -0.2) is 0 Å². The maximum atomic E-state index is 10.9. The van der Waals surface area contributed by atoms with Crippen LogP contribution >= 0.6 is 0 Å². The number of carbonyl (C=O) groups is 1. The molecule has 4 rings (SSSR count). The Morgan fingerprint density at radius 2 is 1.70 bits per heavy atom. The lowest BCUT2D eigenvalue weighted by atomic mass is 9.80. The lowest BCUT2D eigenvalue weighted by Gasteiger charge is -2.24. The maximum Gasteiger partial charge on any atom is 0.174 e. The molecule has 194 valence electrons. The number of rotatable bonds is 13. The van der Waals surface area contributed by atoms with Crippen LogP contribution in [-0.2, 0) is 23.1 Å². The number of aldehydes is 1. The zero-order valence-electron chi connectivity index (χ0n) is 22.3. The smallest absolute Gasteiger partial charge is 0.174 e. The van der Waals surface area contributed by atoms with Crippen LogP contribution in [0.2, 0.25) is 0 Å². The van der Waals surface area contributed by atoms with Crippen LogP contribution in [0.25, 0.3) is 11.0 Å². The van der Waals surface area contributed by atoms with E-state index in [-0.39, 0.29) is 11.3 Å². The van der Waals surface area contributed by atoms with Gasteiger partial charge in [0, 0.05) is 29.7 Å². The van der Waals surface area contributed by atoms with Gasteiger partial charge in [-0.05, 0) is 47.2 Å². The molecule has 1 aromatic heterocycles. The minimum atomic E-state index is -0.104. The van der Waals surface area contributed by atoms with Gasteiger partial charge in [-0.2, -0.15) is 0 Å². The third kappa shape index (κ3) is 6.40. The predicted molar refractivity (Wildman–Crippen MR) is 148 cm³/mol. The summed E-state index contributed by atoms with van der Waals surface area (Å²) < 4.78 is 17.9. The molecule has 1 heterocycles. The molecule has 0 saturated carbocycles. The van der Waals surface area contributed by atoms with Crippen molar-refractivity contribution in [2.75, 3.05) is 13.2 Å². The zero-order valence-corrected chi connectivity index (χ0v) is 22.3. The lowest BCUT2D eigenvalue weighted by Crippen LogP contribution is -2.20. The molecule has 37 heavy (non-hydrogen) atoms. The number of fused-ring (bicyclic) bond motifs is 1. The summed E-state index contributed by atoms with van der Waals surface area (Å²) in [5.74, 6) is 1.54. The van der Waals surface area contributed by atoms with Crippen molar-refractivity contribution in [3.05, 3.63) is 89.1 Å². The van der Waals surface area contributed by atoms with E-state index in [0.29, 0.717) is 13.2 Å². The normalized spacial score (nSPS) is 12.4. The van der Waals surface area contributed by atoms with Crippen molar-refractivity contribution in [1.29, 1.82) is 0 Å². The van der Waals surface area contributed by atoms with Gasteiger partial charge < -0.3 is 18.8 Å². The van der Waals surface area contributed by atoms with Crippen molar-refractivity contribution >= 4 is 17.3 Å². The lowest BCUT2D eigenvalue weighted by molar-refractivity contribution is -0.108. The molecule has 0 spiro atoms. The van der Waals surface area contributed by atoms with E-state index in [1.165, 1.54) is 5.56 Å². The summed E-state index contributed by atoms with van der Waals surface area (Å²) in [6, 6.07) is 22.4. The predicted octanol–water partition coefficient (Wildman–Crippen LogP) is 7.45. The number of aryl methyl sites for hydroxylation is 1. The second kappa shape index (κ2) is 12.1. The first-order valence-corrected chi connectivity index (χ1v) is 13.2. The Bertz CT molecular complexity index is 1290. The number of benzene rings is 3. The van der Waals surface area contributed by atoms with E-state index in [0.717, 1.165) is 71.3 Å². The van der Waals surface area contributed by atoms with Gasteiger partial charge >= 0.3 is 0 Å². The highest BCUT2D eigenvalue weighted by Gasteiger charge is 2.25. The van der Waals surface area contributed by atoms with E-state index in [1.807, 2.05) is 37.3 Å². The minimum Gasteiger partial charge on any atom is -0.493 e. The van der Waals surface area contributed by atoms with Gasteiger partial charge in [-0.15, -0.1) is 0 Å². The molecule has 0 aliphatic carbocycles. The molecule has 0 saturated heterocycles. The van der Waals surface area contributed by atoms with Crippen molar-refractivity contribution in [2.24, 2.45) is 0 Å². The van der Waals surface area contributed by atoms with Gasteiger partial charge in [-0.1, -0.05) is 81.7 Å². The van der Waals surface area contributed by atoms with Crippen molar-refractivity contribution in [2.45, 2.75) is 64.7 Å². The Morgan fingerprint density at radius 1 is 0.973 bits per heavy atom. The summed E-state index contributed by atoms with van der Waals surface area (Å²) in [7, 11) is 0. The van der Waals surface area contributed by atoms with Crippen LogP contribution in [0.1, 0.15) is 68.8 Å². The number of carbonyl (C=O) groups excluding carboxylic acids is 1. The largest absolute Gasteiger partial charge is 0.493 e. The SMILES string of the molecule is CCCc1c(OCCCOc2ccc(C(C)C=O)cc2)ccc2c(CC(C)(C)c3ccccc3)noc12. The molecular formula is C32H37NO4. The summed E-state index contributed by atoms with van der Waals surface area (Å²) in [6.45, 7) is 9.63. The molecule has 0 N–H and O–H groups in total. The fraction of sp³-hybridized carbons (Fsp3) is 0.375. The number of hydrogen-bond acceptors (Lipinski definition) is 5. The average Bonchev–Trinajstić information content (AvgIpc) is 3.32. The van der Waals surface area contributed by atoms with Crippen molar-refractivity contribution in [3.63, 3.8) is 0 Å². The highest BCUT2D eigenvalue weighted by Crippen LogP contribution is 2.35. The first-order valence-electron chi connectivity index (χ1n) is 13.2. The van der Waals surface area contributed by atoms with Crippen molar-refractivity contribution < 1.29 is 18.8 Å². The molecular weight excluding hydrogens is 462 g/mol. The van der Waals surface area contributed by atoms with Gasteiger partial charge in [0.25, 0.3) is 0 Å². The van der Waals surface area contributed by atoms with Crippen molar-refractivity contribution in [3.8, 4) is 11.5 Å². The first kappa shape index (κ1) is 26.5. The average molecular weight is 500 g/mol. The van der Waals surface area contributed by atoms with E-state index in [1.54, 1.807) is 0 Å². The third-order valence-electron chi connectivity index (χ3n) is 6.87. The second-order valence-electron chi connectivity index (χ2n) is 10.3. The Hall–Kier alpha value is -3.60. The summed E-state index contributed by atoms with van der Waals surface area (Å²) in [5.41, 5.74) is 5.11. The van der Waals surface area contributed by atoms with Gasteiger partial charge in [-0.3, -0.25) is 0 Å². The molecule has 0 aliphatic rings.